The van der Waals surface area contributed by atoms with Gasteiger partial charge in [0.2, 0.25) is 0 Å². The summed E-state index contributed by atoms with van der Waals surface area (Å²) in [7, 11) is 0. The number of ether oxygens (including phenoxy) is 1. The van der Waals surface area contributed by atoms with E-state index in [1.54, 1.807) is 0 Å². The molecule has 0 aromatic heterocycles. The molecule has 2 aromatic rings. The maximum Gasteiger partial charge on any atom is 0.190 e. The Kier molecular flexibility index (Phi) is 3.76. The fraction of sp³-hybridized carbons (Fsp3) is 0.350. The number of hydrogen-bond donors (Lipinski definition) is 0. The number of nitrogens with zero attached hydrogens (tertiary/aromatic N) is 2. The highest BCUT2D eigenvalue weighted by Crippen LogP contribution is 2.45. The minimum atomic E-state index is -0.0494. The van der Waals surface area contributed by atoms with Crippen molar-refractivity contribution in [1.29, 1.82) is 0 Å². The number of hydrazone groups is 1. The number of fused-ring (bicyclic) bond motifs is 3. The van der Waals surface area contributed by atoms with Gasteiger partial charge in [0, 0.05) is 22.9 Å². The van der Waals surface area contributed by atoms with Crippen molar-refractivity contribution in [3.8, 4) is 5.75 Å². The van der Waals surface area contributed by atoms with Crippen LogP contribution in [0.1, 0.15) is 43.0 Å². The molecule has 0 amide bonds. The van der Waals surface area contributed by atoms with Crippen molar-refractivity contribution in [2.45, 2.75) is 39.5 Å². The van der Waals surface area contributed by atoms with Crippen molar-refractivity contribution >= 4 is 17.3 Å². The van der Waals surface area contributed by atoms with Crippen LogP contribution in [0.15, 0.2) is 47.6 Å². The first-order valence-electron chi connectivity index (χ1n) is 8.42. The zero-order valence-electron chi connectivity index (χ0n) is 14.2. The standard InChI is InChI=1S/C20H21ClN2O/c1-12(2)20-23-18(16-10-15(21)8-9-19(16)24-20)11-17(22-23)14-6-4-13(3)5-7-14/h4-10,12,18,20H,11H2,1-3H3/t18-,20-/m1/s1. The zero-order valence-corrected chi connectivity index (χ0v) is 14.9. The van der Waals surface area contributed by atoms with Crippen LogP contribution in [0.3, 0.4) is 0 Å². The van der Waals surface area contributed by atoms with Crippen LogP contribution < -0.4 is 4.74 Å². The number of rotatable bonds is 2. The van der Waals surface area contributed by atoms with Gasteiger partial charge in [-0.25, -0.2) is 5.01 Å². The molecule has 2 heterocycles. The highest BCUT2D eigenvalue weighted by atomic mass is 35.5. The van der Waals surface area contributed by atoms with Crippen molar-refractivity contribution < 1.29 is 4.74 Å². The van der Waals surface area contributed by atoms with Gasteiger partial charge < -0.3 is 4.74 Å². The number of aryl methyl sites for hydroxylation is 1. The minimum absolute atomic E-state index is 0.0494. The molecule has 0 unspecified atom stereocenters. The van der Waals surface area contributed by atoms with Gasteiger partial charge in [-0.2, -0.15) is 5.10 Å². The van der Waals surface area contributed by atoms with E-state index in [0.717, 1.165) is 28.5 Å². The minimum Gasteiger partial charge on any atom is -0.468 e. The summed E-state index contributed by atoms with van der Waals surface area (Å²) in [6.45, 7) is 6.44. The third kappa shape index (κ3) is 2.57. The summed E-state index contributed by atoms with van der Waals surface area (Å²) >= 11 is 6.23. The zero-order chi connectivity index (χ0) is 16.8. The number of benzene rings is 2. The molecule has 2 aromatic carbocycles. The lowest BCUT2D eigenvalue weighted by Crippen LogP contribution is -2.43. The van der Waals surface area contributed by atoms with Gasteiger partial charge in [0.25, 0.3) is 0 Å². The quantitative estimate of drug-likeness (QED) is 0.753. The normalized spacial score (nSPS) is 22.0. The second-order valence-electron chi connectivity index (χ2n) is 6.95. The summed E-state index contributed by atoms with van der Waals surface area (Å²) in [5.74, 6) is 1.28. The molecule has 0 spiro atoms. The molecule has 4 rings (SSSR count). The summed E-state index contributed by atoms with van der Waals surface area (Å²) < 4.78 is 6.23. The average molecular weight is 341 g/mol. The molecule has 2 atom stereocenters. The van der Waals surface area contributed by atoms with Gasteiger partial charge in [-0.1, -0.05) is 55.3 Å². The van der Waals surface area contributed by atoms with Crippen LogP contribution in [0.5, 0.6) is 5.75 Å². The molecule has 4 heteroatoms. The molecular formula is C20H21ClN2O. The first-order valence-corrected chi connectivity index (χ1v) is 8.79. The molecule has 0 fully saturated rings. The molecule has 0 bridgehead atoms. The summed E-state index contributed by atoms with van der Waals surface area (Å²) in [5, 5.41) is 7.79. The van der Waals surface area contributed by atoms with E-state index < -0.39 is 0 Å². The van der Waals surface area contributed by atoms with E-state index in [1.165, 1.54) is 11.1 Å². The van der Waals surface area contributed by atoms with E-state index in [1.807, 2.05) is 18.2 Å². The number of hydrogen-bond acceptors (Lipinski definition) is 3. The Morgan fingerprint density at radius 1 is 1.17 bits per heavy atom. The fourth-order valence-electron chi connectivity index (χ4n) is 3.45. The largest absolute Gasteiger partial charge is 0.468 e. The predicted molar refractivity (Wildman–Crippen MR) is 97.6 cm³/mol. The maximum absolute atomic E-state index is 6.23. The predicted octanol–water partition coefficient (Wildman–Crippen LogP) is 5.17. The molecular weight excluding hydrogens is 320 g/mol. The van der Waals surface area contributed by atoms with Gasteiger partial charge in [-0.3, -0.25) is 0 Å². The SMILES string of the molecule is Cc1ccc(C2=NN3[C@H](C2)c2cc(Cl)ccc2O[C@@H]3C(C)C)cc1. The molecule has 0 saturated carbocycles. The second-order valence-corrected chi connectivity index (χ2v) is 7.38. The average Bonchev–Trinajstić information content (AvgIpc) is 3.00. The van der Waals surface area contributed by atoms with E-state index in [-0.39, 0.29) is 12.3 Å². The molecule has 2 aliphatic heterocycles. The van der Waals surface area contributed by atoms with Gasteiger partial charge in [-0.15, -0.1) is 0 Å². The summed E-state index contributed by atoms with van der Waals surface area (Å²) in [4.78, 5) is 0. The van der Waals surface area contributed by atoms with Crippen LogP contribution in [-0.2, 0) is 0 Å². The lowest BCUT2D eigenvalue weighted by Gasteiger charge is -2.40. The molecule has 124 valence electrons. The third-order valence-electron chi connectivity index (χ3n) is 4.74. The van der Waals surface area contributed by atoms with E-state index in [9.17, 15) is 0 Å². The number of halogens is 1. The van der Waals surface area contributed by atoms with E-state index in [2.05, 4.69) is 50.0 Å². The molecule has 0 radical (unpaired) electrons. The van der Waals surface area contributed by atoms with Crippen molar-refractivity contribution in [2.24, 2.45) is 11.0 Å². The summed E-state index contributed by atoms with van der Waals surface area (Å²) in [6.07, 6.45) is 0.829. The van der Waals surface area contributed by atoms with Crippen LogP contribution in [0, 0.1) is 12.8 Å². The second kappa shape index (κ2) is 5.82. The summed E-state index contributed by atoms with van der Waals surface area (Å²) in [5.41, 5.74) is 4.68. The van der Waals surface area contributed by atoms with Gasteiger partial charge in [0.05, 0.1) is 11.8 Å². The Labute approximate surface area is 147 Å². The van der Waals surface area contributed by atoms with E-state index >= 15 is 0 Å². The van der Waals surface area contributed by atoms with Crippen LogP contribution in [-0.4, -0.2) is 16.9 Å². The highest BCUT2D eigenvalue weighted by molar-refractivity contribution is 6.30. The molecule has 0 N–H and O–H groups in total. The molecule has 0 saturated heterocycles. The topological polar surface area (TPSA) is 24.8 Å². The van der Waals surface area contributed by atoms with Gasteiger partial charge in [0.1, 0.15) is 5.75 Å². The molecule has 24 heavy (non-hydrogen) atoms. The Balaban J connectivity index is 1.75. The van der Waals surface area contributed by atoms with Gasteiger partial charge >= 0.3 is 0 Å². The third-order valence-corrected chi connectivity index (χ3v) is 4.97. The Morgan fingerprint density at radius 2 is 1.92 bits per heavy atom. The van der Waals surface area contributed by atoms with Crippen LogP contribution in [0.2, 0.25) is 5.02 Å². The lowest BCUT2D eigenvalue weighted by atomic mass is 9.95. The molecule has 0 aliphatic carbocycles. The van der Waals surface area contributed by atoms with Gasteiger partial charge in [0.15, 0.2) is 6.23 Å². The molecule has 2 aliphatic rings. The summed E-state index contributed by atoms with van der Waals surface area (Å²) in [6, 6.07) is 14.6. The highest BCUT2D eigenvalue weighted by Gasteiger charge is 2.41. The van der Waals surface area contributed by atoms with Gasteiger partial charge in [-0.05, 0) is 30.7 Å². The Hall–Kier alpha value is -2.00. The Bertz CT molecular complexity index is 798. The van der Waals surface area contributed by atoms with E-state index in [0.29, 0.717) is 5.92 Å². The van der Waals surface area contributed by atoms with Crippen LogP contribution >= 0.6 is 11.6 Å². The smallest absolute Gasteiger partial charge is 0.190 e. The molecule has 3 nitrogen and oxygen atoms in total. The van der Waals surface area contributed by atoms with E-state index in [4.69, 9.17) is 21.4 Å². The Morgan fingerprint density at radius 3 is 2.62 bits per heavy atom. The van der Waals surface area contributed by atoms with Crippen molar-refractivity contribution in [1.82, 2.24) is 5.01 Å². The van der Waals surface area contributed by atoms with Crippen LogP contribution in [0.4, 0.5) is 0 Å². The first kappa shape index (κ1) is 15.5. The maximum atomic E-state index is 6.23. The van der Waals surface area contributed by atoms with Crippen molar-refractivity contribution in [3.05, 3.63) is 64.2 Å². The van der Waals surface area contributed by atoms with Crippen LogP contribution in [0.25, 0.3) is 0 Å². The lowest BCUT2D eigenvalue weighted by molar-refractivity contribution is -0.0461. The van der Waals surface area contributed by atoms with Crippen molar-refractivity contribution in [3.63, 3.8) is 0 Å². The van der Waals surface area contributed by atoms with Crippen molar-refractivity contribution in [2.75, 3.05) is 0 Å². The monoisotopic (exact) mass is 340 g/mol. The first-order chi connectivity index (χ1) is 11.5. The fourth-order valence-corrected chi connectivity index (χ4v) is 3.63.